The third-order valence-corrected chi connectivity index (χ3v) is 3.75. The average molecular weight is 339 g/mol. The molecule has 0 aliphatic heterocycles. The number of benzene rings is 1. The van der Waals surface area contributed by atoms with Crippen molar-refractivity contribution in [1.82, 2.24) is 24.5 Å². The van der Waals surface area contributed by atoms with Crippen LogP contribution in [0.1, 0.15) is 32.0 Å². The predicted octanol–water partition coefficient (Wildman–Crippen LogP) is 1.53. The van der Waals surface area contributed by atoms with Crippen LogP contribution in [-0.4, -0.2) is 44.8 Å². The Morgan fingerprint density at radius 3 is 2.44 bits per heavy atom. The fourth-order valence-electron chi connectivity index (χ4n) is 2.33. The molecule has 130 valence electrons. The van der Waals surface area contributed by atoms with Crippen LogP contribution in [0.3, 0.4) is 0 Å². The highest BCUT2D eigenvalue weighted by molar-refractivity contribution is 5.80. The average Bonchev–Trinajstić information content (AvgIpc) is 3.01. The second kappa shape index (κ2) is 6.12. The maximum atomic E-state index is 12.8. The summed E-state index contributed by atoms with van der Waals surface area (Å²) in [5, 5.41) is 16.4. The lowest BCUT2D eigenvalue weighted by atomic mass is 9.93. The Hall–Kier alpha value is -3.03. The SMILES string of the molecule is CN(C)c1ccc(/C=N/n2c(=O)c(C(C)(C)C)nn3cnnc23)cc1. The first-order valence-electron chi connectivity index (χ1n) is 7.92. The number of aromatic nitrogens is 5. The van der Waals surface area contributed by atoms with Crippen molar-refractivity contribution in [2.75, 3.05) is 19.0 Å². The van der Waals surface area contributed by atoms with Gasteiger partial charge in [-0.1, -0.05) is 32.9 Å². The fraction of sp³-hybridized carbons (Fsp3) is 0.353. The van der Waals surface area contributed by atoms with Gasteiger partial charge in [0.05, 0.1) is 6.21 Å². The van der Waals surface area contributed by atoms with Gasteiger partial charge >= 0.3 is 0 Å². The molecule has 0 saturated heterocycles. The van der Waals surface area contributed by atoms with Crippen molar-refractivity contribution < 1.29 is 0 Å². The molecule has 0 aliphatic rings. The van der Waals surface area contributed by atoms with E-state index < -0.39 is 5.41 Å². The van der Waals surface area contributed by atoms with Crippen LogP contribution < -0.4 is 10.5 Å². The van der Waals surface area contributed by atoms with Gasteiger partial charge in [0.1, 0.15) is 12.0 Å². The third-order valence-electron chi connectivity index (χ3n) is 3.75. The largest absolute Gasteiger partial charge is 0.378 e. The van der Waals surface area contributed by atoms with Gasteiger partial charge in [0, 0.05) is 25.2 Å². The van der Waals surface area contributed by atoms with Crippen molar-refractivity contribution >= 4 is 17.7 Å². The van der Waals surface area contributed by atoms with E-state index in [1.165, 1.54) is 15.5 Å². The highest BCUT2D eigenvalue weighted by Crippen LogP contribution is 2.16. The predicted molar refractivity (Wildman–Crippen MR) is 97.5 cm³/mol. The topological polar surface area (TPSA) is 80.7 Å². The van der Waals surface area contributed by atoms with Gasteiger partial charge in [0.15, 0.2) is 0 Å². The van der Waals surface area contributed by atoms with Crippen LogP contribution in [0.5, 0.6) is 0 Å². The molecular weight excluding hydrogens is 318 g/mol. The molecule has 3 aromatic rings. The van der Waals surface area contributed by atoms with Gasteiger partial charge in [-0.15, -0.1) is 10.2 Å². The number of hydrogen-bond acceptors (Lipinski definition) is 6. The Bertz CT molecular complexity index is 975. The van der Waals surface area contributed by atoms with E-state index in [0.29, 0.717) is 5.69 Å². The zero-order valence-corrected chi connectivity index (χ0v) is 15.0. The van der Waals surface area contributed by atoms with Gasteiger partial charge in [0.2, 0.25) is 0 Å². The van der Waals surface area contributed by atoms with Gasteiger partial charge in [-0.25, -0.2) is 0 Å². The van der Waals surface area contributed by atoms with E-state index in [0.717, 1.165) is 11.3 Å². The first-order chi connectivity index (χ1) is 11.8. The molecule has 0 bridgehead atoms. The van der Waals surface area contributed by atoms with Gasteiger partial charge in [0.25, 0.3) is 11.3 Å². The van der Waals surface area contributed by atoms with Crippen LogP contribution in [0, 0.1) is 0 Å². The molecule has 3 rings (SSSR count). The van der Waals surface area contributed by atoms with E-state index in [-0.39, 0.29) is 11.3 Å². The molecule has 25 heavy (non-hydrogen) atoms. The monoisotopic (exact) mass is 339 g/mol. The van der Waals surface area contributed by atoms with E-state index in [4.69, 9.17) is 0 Å². The second-order valence-electron chi connectivity index (χ2n) is 7.02. The Kier molecular flexibility index (Phi) is 4.12. The molecule has 0 fully saturated rings. The Morgan fingerprint density at radius 1 is 1.16 bits per heavy atom. The first kappa shape index (κ1) is 16.8. The van der Waals surface area contributed by atoms with Crippen molar-refractivity contribution in [1.29, 1.82) is 0 Å². The molecule has 8 heteroatoms. The number of fused-ring (bicyclic) bond motifs is 1. The van der Waals surface area contributed by atoms with E-state index in [2.05, 4.69) is 20.4 Å². The number of anilines is 1. The lowest BCUT2D eigenvalue weighted by Crippen LogP contribution is -2.33. The summed E-state index contributed by atoms with van der Waals surface area (Å²) in [6, 6.07) is 7.86. The van der Waals surface area contributed by atoms with Gasteiger partial charge in [-0.3, -0.25) is 4.79 Å². The summed E-state index contributed by atoms with van der Waals surface area (Å²) in [5.74, 6) is 0.277. The molecule has 0 N–H and O–H groups in total. The molecule has 0 aliphatic carbocycles. The smallest absolute Gasteiger partial charge is 0.298 e. The Morgan fingerprint density at radius 2 is 1.84 bits per heavy atom. The summed E-state index contributed by atoms with van der Waals surface area (Å²) in [4.78, 5) is 14.8. The zero-order chi connectivity index (χ0) is 18.2. The quantitative estimate of drug-likeness (QED) is 0.676. The molecule has 0 spiro atoms. The van der Waals surface area contributed by atoms with Crippen molar-refractivity contribution in [3.63, 3.8) is 0 Å². The molecule has 0 unspecified atom stereocenters. The minimum atomic E-state index is -0.416. The van der Waals surface area contributed by atoms with Gasteiger partial charge in [-0.2, -0.15) is 19.4 Å². The summed E-state index contributed by atoms with van der Waals surface area (Å²) in [6.07, 6.45) is 3.09. The van der Waals surface area contributed by atoms with Crippen molar-refractivity contribution in [2.45, 2.75) is 26.2 Å². The summed E-state index contributed by atoms with van der Waals surface area (Å²) >= 11 is 0. The van der Waals surface area contributed by atoms with Crippen molar-refractivity contribution in [2.24, 2.45) is 5.10 Å². The summed E-state index contributed by atoms with van der Waals surface area (Å²) in [6.45, 7) is 5.79. The summed E-state index contributed by atoms with van der Waals surface area (Å²) < 4.78 is 2.70. The van der Waals surface area contributed by atoms with Crippen LogP contribution >= 0.6 is 0 Å². The van der Waals surface area contributed by atoms with Crippen molar-refractivity contribution in [3.05, 3.63) is 52.2 Å². The minimum absolute atomic E-state index is 0.277. The maximum Gasteiger partial charge on any atom is 0.298 e. The lowest BCUT2D eigenvalue weighted by molar-refractivity contribution is 0.529. The van der Waals surface area contributed by atoms with E-state index in [9.17, 15) is 4.79 Å². The molecular formula is C17H21N7O. The molecule has 0 amide bonds. The lowest BCUT2D eigenvalue weighted by Gasteiger charge is -2.16. The fourth-order valence-corrected chi connectivity index (χ4v) is 2.33. The Balaban J connectivity index is 2.07. The molecule has 0 radical (unpaired) electrons. The number of rotatable bonds is 3. The minimum Gasteiger partial charge on any atom is -0.378 e. The van der Waals surface area contributed by atoms with Crippen LogP contribution in [0.2, 0.25) is 0 Å². The molecule has 2 heterocycles. The standard InChI is InChI=1S/C17H21N7O/c1-17(2,3)14-15(25)24(16-20-18-11-23(16)21-14)19-10-12-6-8-13(9-7-12)22(4)5/h6-11H,1-5H3/b19-10+. The highest BCUT2D eigenvalue weighted by atomic mass is 16.1. The second-order valence-corrected chi connectivity index (χ2v) is 7.02. The van der Waals surface area contributed by atoms with E-state index >= 15 is 0 Å². The van der Waals surface area contributed by atoms with E-state index in [1.807, 2.05) is 64.0 Å². The van der Waals surface area contributed by atoms with Gasteiger partial charge in [-0.05, 0) is 17.7 Å². The zero-order valence-electron chi connectivity index (χ0n) is 15.0. The number of nitrogens with zero attached hydrogens (tertiary/aromatic N) is 7. The molecule has 0 atom stereocenters. The normalized spacial score (nSPS) is 12.2. The van der Waals surface area contributed by atoms with Crippen LogP contribution in [0.4, 0.5) is 5.69 Å². The first-order valence-corrected chi connectivity index (χ1v) is 7.92. The summed E-state index contributed by atoms with van der Waals surface area (Å²) in [7, 11) is 3.96. The van der Waals surface area contributed by atoms with Crippen molar-refractivity contribution in [3.8, 4) is 0 Å². The molecule has 2 aromatic heterocycles. The Labute approximate surface area is 145 Å². The van der Waals surface area contributed by atoms with Crippen LogP contribution in [0.25, 0.3) is 5.78 Å². The van der Waals surface area contributed by atoms with E-state index in [1.54, 1.807) is 6.21 Å². The third kappa shape index (κ3) is 3.28. The van der Waals surface area contributed by atoms with Crippen LogP contribution in [-0.2, 0) is 5.41 Å². The highest BCUT2D eigenvalue weighted by Gasteiger charge is 2.23. The van der Waals surface area contributed by atoms with Gasteiger partial charge < -0.3 is 4.90 Å². The maximum absolute atomic E-state index is 12.8. The number of hydrogen-bond donors (Lipinski definition) is 0. The van der Waals surface area contributed by atoms with Crippen LogP contribution in [0.15, 0.2) is 40.5 Å². The molecule has 8 nitrogen and oxygen atoms in total. The molecule has 0 saturated carbocycles. The summed E-state index contributed by atoms with van der Waals surface area (Å²) in [5.41, 5.74) is 1.66. The molecule has 1 aromatic carbocycles.